The van der Waals surface area contributed by atoms with Crippen LogP contribution in [0.2, 0.25) is 0 Å². The second-order valence-corrected chi connectivity index (χ2v) is 8.58. The predicted octanol–water partition coefficient (Wildman–Crippen LogP) is 3.19. The number of nitrogens with one attached hydrogen (secondary N) is 1. The second kappa shape index (κ2) is 12.0. The summed E-state index contributed by atoms with van der Waals surface area (Å²) >= 11 is 0. The lowest BCUT2D eigenvalue weighted by molar-refractivity contribution is -0.130. The van der Waals surface area contributed by atoms with Crippen LogP contribution in [-0.2, 0) is 19.1 Å². The molecule has 0 saturated heterocycles. The Hall–Kier alpha value is -3.94. The Morgan fingerprint density at radius 2 is 1.54 bits per heavy atom. The summed E-state index contributed by atoms with van der Waals surface area (Å²) in [5.74, 6) is -3.09. The molecule has 184 valence electrons. The van der Waals surface area contributed by atoms with E-state index in [9.17, 15) is 19.2 Å². The van der Waals surface area contributed by atoms with Gasteiger partial charge >= 0.3 is 6.09 Å². The van der Waals surface area contributed by atoms with Crippen molar-refractivity contribution in [2.45, 2.75) is 44.6 Å². The van der Waals surface area contributed by atoms with Crippen molar-refractivity contribution in [1.82, 2.24) is 5.32 Å². The zero-order valence-electron chi connectivity index (χ0n) is 19.7. The topological polar surface area (TPSA) is 142 Å². The fourth-order valence-corrected chi connectivity index (χ4v) is 4.35. The van der Waals surface area contributed by atoms with Gasteiger partial charge in [-0.15, -0.1) is 0 Å². The molecular weight excluding hydrogens is 446 g/mol. The zero-order chi connectivity index (χ0) is 25.4. The van der Waals surface area contributed by atoms with Gasteiger partial charge in [0.25, 0.3) is 0 Å². The molecule has 0 fully saturated rings. The molecule has 0 unspecified atom stereocenters. The number of hydrogen-bond acceptors (Lipinski definition) is 5. The van der Waals surface area contributed by atoms with E-state index in [0.717, 1.165) is 28.7 Å². The van der Waals surface area contributed by atoms with Crippen molar-refractivity contribution in [2.75, 3.05) is 6.61 Å². The van der Waals surface area contributed by atoms with Gasteiger partial charge in [-0.2, -0.15) is 0 Å². The van der Waals surface area contributed by atoms with Crippen molar-refractivity contribution in [3.8, 4) is 11.1 Å². The van der Waals surface area contributed by atoms with Crippen molar-refractivity contribution in [3.05, 3.63) is 71.8 Å². The quantitative estimate of drug-likeness (QED) is 0.403. The molecule has 3 amide bonds. The van der Waals surface area contributed by atoms with E-state index in [1.807, 2.05) is 61.5 Å². The van der Waals surface area contributed by atoms with Gasteiger partial charge < -0.3 is 21.5 Å². The summed E-state index contributed by atoms with van der Waals surface area (Å²) in [7, 11) is 0. The number of hydrogen-bond donors (Lipinski definition) is 3. The van der Waals surface area contributed by atoms with Gasteiger partial charge in [-0.25, -0.2) is 4.79 Å². The molecule has 0 saturated carbocycles. The average Bonchev–Trinajstić information content (AvgIpc) is 3.15. The summed E-state index contributed by atoms with van der Waals surface area (Å²) in [6.45, 7) is 2.05. The Morgan fingerprint density at radius 1 is 0.943 bits per heavy atom. The van der Waals surface area contributed by atoms with Crippen LogP contribution < -0.4 is 16.8 Å². The molecule has 0 heterocycles. The summed E-state index contributed by atoms with van der Waals surface area (Å²) in [6, 6.07) is 15.1. The number of amides is 3. The maximum atomic E-state index is 12.9. The molecule has 2 aromatic carbocycles. The number of alkyl carbamates (subject to hydrolysis) is 1. The fraction of sp³-hybridized carbons (Fsp3) is 0.333. The molecule has 8 heteroatoms. The van der Waals surface area contributed by atoms with Crippen LogP contribution >= 0.6 is 0 Å². The third kappa shape index (κ3) is 6.56. The molecule has 3 rings (SSSR count). The first-order chi connectivity index (χ1) is 16.8. The Bertz CT molecular complexity index is 1080. The molecule has 8 nitrogen and oxygen atoms in total. The van der Waals surface area contributed by atoms with Gasteiger partial charge in [0.2, 0.25) is 11.8 Å². The van der Waals surface area contributed by atoms with Crippen LogP contribution in [0, 0.1) is 5.92 Å². The minimum Gasteiger partial charge on any atom is -0.449 e. The molecular formula is C27H31N3O5. The highest BCUT2D eigenvalue weighted by Crippen LogP contribution is 2.44. The van der Waals surface area contributed by atoms with Crippen molar-refractivity contribution in [1.29, 1.82) is 0 Å². The first-order valence-corrected chi connectivity index (χ1v) is 11.7. The molecule has 0 spiro atoms. The summed E-state index contributed by atoms with van der Waals surface area (Å²) < 4.78 is 5.55. The largest absolute Gasteiger partial charge is 0.449 e. The molecule has 1 aliphatic rings. The SMILES string of the molecule is CCC=CC[C@H](NC(=O)OCC1c2ccccc2-c2ccccc21)C(=O)C[C@@H](CC(N)=O)C(N)=O. The molecule has 2 atom stereocenters. The van der Waals surface area contributed by atoms with E-state index in [-0.39, 0.29) is 31.8 Å². The second-order valence-electron chi connectivity index (χ2n) is 8.58. The Balaban J connectivity index is 1.68. The fourth-order valence-electron chi connectivity index (χ4n) is 4.35. The van der Waals surface area contributed by atoms with Crippen LogP contribution in [0.15, 0.2) is 60.7 Å². The number of ketones is 1. The summed E-state index contributed by atoms with van der Waals surface area (Å²) in [5.41, 5.74) is 14.9. The number of Topliss-reactive ketones (excluding diaryl/α,β-unsaturated/α-hetero) is 1. The van der Waals surface area contributed by atoms with Crippen molar-refractivity contribution < 1.29 is 23.9 Å². The van der Waals surface area contributed by atoms with E-state index >= 15 is 0 Å². The lowest BCUT2D eigenvalue weighted by Gasteiger charge is -2.20. The normalized spacial score (nSPS) is 14.1. The van der Waals surface area contributed by atoms with Gasteiger partial charge in [0, 0.05) is 18.8 Å². The van der Waals surface area contributed by atoms with E-state index < -0.39 is 35.7 Å². The van der Waals surface area contributed by atoms with Gasteiger partial charge in [0.05, 0.1) is 12.0 Å². The van der Waals surface area contributed by atoms with Gasteiger partial charge in [-0.1, -0.05) is 67.6 Å². The number of primary amides is 2. The maximum Gasteiger partial charge on any atom is 0.407 e. The lowest BCUT2D eigenvalue weighted by atomic mass is 9.93. The summed E-state index contributed by atoms with van der Waals surface area (Å²) in [6.07, 6.45) is 3.27. The Morgan fingerprint density at radius 3 is 2.09 bits per heavy atom. The lowest BCUT2D eigenvalue weighted by Crippen LogP contribution is -2.43. The van der Waals surface area contributed by atoms with Gasteiger partial charge in [-0.3, -0.25) is 14.4 Å². The van der Waals surface area contributed by atoms with E-state index in [0.29, 0.717) is 0 Å². The average molecular weight is 478 g/mol. The molecule has 1 aliphatic carbocycles. The highest BCUT2D eigenvalue weighted by Gasteiger charge is 2.30. The van der Waals surface area contributed by atoms with E-state index in [1.165, 1.54) is 0 Å². The van der Waals surface area contributed by atoms with Crippen LogP contribution in [0.4, 0.5) is 4.79 Å². The summed E-state index contributed by atoms with van der Waals surface area (Å²) in [5, 5.41) is 2.61. The van der Waals surface area contributed by atoms with Crippen LogP contribution in [0.1, 0.15) is 49.7 Å². The highest BCUT2D eigenvalue weighted by molar-refractivity contribution is 5.93. The third-order valence-electron chi connectivity index (χ3n) is 6.10. The standard InChI is InChI=1S/C27H31N3O5/c1-2-3-4-13-23(24(31)14-17(26(29)33)15-25(28)32)30-27(34)35-16-22-20-11-7-5-9-18(20)19-10-6-8-12-21(19)22/h3-12,17,22-23H,2,13-16H2,1H3,(H2,28,32)(H2,29,33)(H,30,34)/t17-,23-/m0/s1. The number of ether oxygens (including phenoxy) is 1. The number of benzene rings is 2. The summed E-state index contributed by atoms with van der Waals surface area (Å²) in [4.78, 5) is 48.5. The Labute approximate surface area is 204 Å². The van der Waals surface area contributed by atoms with Crippen LogP contribution in [-0.4, -0.2) is 36.3 Å². The number of allylic oxidation sites excluding steroid dienone is 1. The van der Waals surface area contributed by atoms with Crippen molar-refractivity contribution in [3.63, 3.8) is 0 Å². The predicted molar refractivity (Wildman–Crippen MR) is 132 cm³/mol. The van der Waals surface area contributed by atoms with Crippen molar-refractivity contribution in [2.24, 2.45) is 17.4 Å². The van der Waals surface area contributed by atoms with Gasteiger partial charge in [0.1, 0.15) is 6.61 Å². The number of carbonyl (C=O) groups excluding carboxylic acids is 4. The smallest absolute Gasteiger partial charge is 0.407 e. The van der Waals surface area contributed by atoms with Gasteiger partial charge in [0.15, 0.2) is 5.78 Å². The van der Waals surface area contributed by atoms with E-state index in [4.69, 9.17) is 16.2 Å². The number of rotatable bonds is 12. The first kappa shape index (κ1) is 25.7. The molecule has 0 aliphatic heterocycles. The highest BCUT2D eigenvalue weighted by atomic mass is 16.5. The molecule has 2 aromatic rings. The van der Waals surface area contributed by atoms with E-state index in [1.54, 1.807) is 6.08 Å². The monoisotopic (exact) mass is 477 g/mol. The number of carbonyl (C=O) groups is 4. The zero-order valence-corrected chi connectivity index (χ0v) is 19.7. The molecule has 5 N–H and O–H groups in total. The molecule has 0 aromatic heterocycles. The van der Waals surface area contributed by atoms with E-state index in [2.05, 4.69) is 5.32 Å². The first-order valence-electron chi connectivity index (χ1n) is 11.7. The number of nitrogens with two attached hydrogens (primary N) is 2. The third-order valence-corrected chi connectivity index (χ3v) is 6.10. The minimum atomic E-state index is -1.03. The van der Waals surface area contributed by atoms with Crippen LogP contribution in [0.25, 0.3) is 11.1 Å². The van der Waals surface area contributed by atoms with Crippen LogP contribution in [0.5, 0.6) is 0 Å². The van der Waals surface area contributed by atoms with Gasteiger partial charge in [-0.05, 0) is 35.1 Å². The molecule has 35 heavy (non-hydrogen) atoms. The molecule has 0 bridgehead atoms. The number of fused-ring (bicyclic) bond motifs is 3. The minimum absolute atomic E-state index is 0.108. The van der Waals surface area contributed by atoms with Crippen LogP contribution in [0.3, 0.4) is 0 Å². The maximum absolute atomic E-state index is 12.9. The Kier molecular flexibility index (Phi) is 8.78. The molecule has 0 radical (unpaired) electrons. The van der Waals surface area contributed by atoms with Crippen molar-refractivity contribution >= 4 is 23.7 Å².